The molecule has 0 spiro atoms. The van der Waals surface area contributed by atoms with Crippen LogP contribution in [-0.2, 0) is 6.42 Å². The zero-order chi connectivity index (χ0) is 13.9. The summed E-state index contributed by atoms with van der Waals surface area (Å²) in [4.78, 5) is 7.06. The van der Waals surface area contributed by atoms with Crippen molar-refractivity contribution in [1.29, 1.82) is 0 Å². The first-order chi connectivity index (χ1) is 9.00. The third kappa shape index (κ3) is 4.01. The Morgan fingerprint density at radius 2 is 2.26 bits per heavy atom. The van der Waals surface area contributed by atoms with E-state index in [4.69, 9.17) is 0 Å². The molecule has 19 heavy (non-hydrogen) atoms. The Kier molecular flexibility index (Phi) is 4.98. The van der Waals surface area contributed by atoms with Crippen LogP contribution < -0.4 is 5.32 Å². The number of hydrogen-bond donors (Lipinski definition) is 1. The van der Waals surface area contributed by atoms with Gasteiger partial charge in [-0.3, -0.25) is 4.90 Å². The first kappa shape index (κ1) is 14.9. The summed E-state index contributed by atoms with van der Waals surface area (Å²) in [7, 11) is 0. The molecule has 1 fully saturated rings. The van der Waals surface area contributed by atoms with Crippen molar-refractivity contribution in [3.8, 4) is 0 Å². The summed E-state index contributed by atoms with van der Waals surface area (Å²) in [5.74, 6) is 0. The fourth-order valence-corrected chi connectivity index (χ4v) is 3.34. The lowest BCUT2D eigenvalue weighted by molar-refractivity contribution is 0.0846. The first-order valence-corrected chi connectivity index (χ1v) is 8.24. The summed E-state index contributed by atoms with van der Waals surface area (Å²) >= 11 is 1.77. The van der Waals surface area contributed by atoms with Crippen molar-refractivity contribution in [3.63, 3.8) is 0 Å². The van der Waals surface area contributed by atoms with Gasteiger partial charge >= 0.3 is 0 Å². The summed E-state index contributed by atoms with van der Waals surface area (Å²) in [6.07, 6.45) is 4.22. The Labute approximate surface area is 121 Å². The number of nitrogens with one attached hydrogen (secondary N) is 1. The van der Waals surface area contributed by atoms with Crippen LogP contribution in [0.2, 0.25) is 0 Å². The van der Waals surface area contributed by atoms with Gasteiger partial charge < -0.3 is 5.32 Å². The molecule has 1 aromatic rings. The van der Waals surface area contributed by atoms with Crippen molar-refractivity contribution in [2.75, 3.05) is 19.6 Å². The summed E-state index contributed by atoms with van der Waals surface area (Å²) in [5.41, 5.74) is 0.331. The Bertz CT molecular complexity index is 369. The topological polar surface area (TPSA) is 28.2 Å². The molecule has 0 amide bonds. The van der Waals surface area contributed by atoms with Gasteiger partial charge in [0.05, 0.1) is 5.01 Å². The molecule has 1 aliphatic heterocycles. The Morgan fingerprint density at radius 1 is 1.47 bits per heavy atom. The Balaban J connectivity index is 1.94. The van der Waals surface area contributed by atoms with Gasteiger partial charge in [-0.05, 0) is 11.8 Å². The second kappa shape index (κ2) is 6.33. The van der Waals surface area contributed by atoms with Gasteiger partial charge in [0.1, 0.15) is 0 Å². The lowest BCUT2D eigenvalue weighted by Crippen LogP contribution is -2.60. The van der Waals surface area contributed by atoms with Crippen molar-refractivity contribution in [1.82, 2.24) is 15.2 Å². The molecule has 0 aliphatic carbocycles. The monoisotopic (exact) mass is 281 g/mol. The highest BCUT2D eigenvalue weighted by Gasteiger charge is 2.33. The highest BCUT2D eigenvalue weighted by Crippen LogP contribution is 2.24. The molecular weight excluding hydrogens is 254 g/mol. The first-order valence-electron chi connectivity index (χ1n) is 7.36. The molecule has 0 bridgehead atoms. The highest BCUT2D eigenvalue weighted by atomic mass is 32.1. The van der Waals surface area contributed by atoms with Gasteiger partial charge in [0.2, 0.25) is 0 Å². The van der Waals surface area contributed by atoms with Crippen LogP contribution in [-0.4, -0.2) is 41.6 Å². The van der Waals surface area contributed by atoms with Crippen molar-refractivity contribution < 1.29 is 0 Å². The van der Waals surface area contributed by atoms with Crippen molar-refractivity contribution in [2.24, 2.45) is 5.41 Å². The standard InChI is InChI=1S/C15H27N3S/c1-5-12-10-17-13(15(2,3)4)11-18(12)8-6-14-16-7-9-19-14/h7,9,12-13,17H,5-6,8,10-11H2,1-4H3. The van der Waals surface area contributed by atoms with E-state index in [0.717, 1.165) is 26.1 Å². The molecule has 1 aromatic heterocycles. The molecule has 2 atom stereocenters. The summed E-state index contributed by atoms with van der Waals surface area (Å²) in [6, 6.07) is 1.27. The molecule has 2 heterocycles. The SMILES string of the molecule is CCC1CNC(C(C)(C)C)CN1CCc1nccs1. The largest absolute Gasteiger partial charge is 0.311 e. The summed E-state index contributed by atoms with van der Waals surface area (Å²) in [6.45, 7) is 12.7. The summed E-state index contributed by atoms with van der Waals surface area (Å²) < 4.78 is 0. The fraction of sp³-hybridized carbons (Fsp3) is 0.800. The van der Waals surface area contributed by atoms with E-state index >= 15 is 0 Å². The van der Waals surface area contributed by atoms with E-state index in [0.29, 0.717) is 17.5 Å². The van der Waals surface area contributed by atoms with E-state index in [9.17, 15) is 0 Å². The van der Waals surface area contributed by atoms with Gasteiger partial charge in [-0.2, -0.15) is 0 Å². The molecule has 3 nitrogen and oxygen atoms in total. The molecular formula is C15H27N3S. The Hall–Kier alpha value is -0.450. The number of hydrogen-bond acceptors (Lipinski definition) is 4. The normalized spacial score (nSPS) is 25.7. The minimum Gasteiger partial charge on any atom is -0.311 e. The van der Waals surface area contributed by atoms with Crippen LogP contribution in [0.25, 0.3) is 0 Å². The van der Waals surface area contributed by atoms with Crippen LogP contribution in [0.1, 0.15) is 39.1 Å². The molecule has 0 saturated carbocycles. The van der Waals surface area contributed by atoms with Gasteiger partial charge in [-0.25, -0.2) is 4.98 Å². The molecule has 0 radical (unpaired) electrons. The fourth-order valence-electron chi connectivity index (χ4n) is 2.73. The molecule has 1 N–H and O–H groups in total. The van der Waals surface area contributed by atoms with Crippen LogP contribution in [0.5, 0.6) is 0 Å². The maximum Gasteiger partial charge on any atom is 0.0937 e. The third-order valence-electron chi connectivity index (χ3n) is 4.15. The van der Waals surface area contributed by atoms with E-state index in [1.54, 1.807) is 11.3 Å². The highest BCUT2D eigenvalue weighted by molar-refractivity contribution is 7.09. The Morgan fingerprint density at radius 3 is 2.84 bits per heavy atom. The van der Waals surface area contributed by atoms with E-state index in [2.05, 4.69) is 48.3 Å². The van der Waals surface area contributed by atoms with Crippen LogP contribution in [0.3, 0.4) is 0 Å². The minimum absolute atomic E-state index is 0.331. The number of piperazine rings is 1. The summed E-state index contributed by atoms with van der Waals surface area (Å²) in [5, 5.41) is 7.06. The van der Waals surface area contributed by atoms with Crippen LogP contribution in [0.15, 0.2) is 11.6 Å². The third-order valence-corrected chi connectivity index (χ3v) is 4.99. The van der Waals surface area contributed by atoms with Gasteiger partial charge in [0.15, 0.2) is 0 Å². The number of thiazole rings is 1. The van der Waals surface area contributed by atoms with E-state index in [1.807, 2.05) is 6.20 Å². The van der Waals surface area contributed by atoms with Gasteiger partial charge in [0, 0.05) is 49.7 Å². The van der Waals surface area contributed by atoms with Crippen LogP contribution in [0.4, 0.5) is 0 Å². The molecule has 2 rings (SSSR count). The second-order valence-electron chi connectivity index (χ2n) is 6.56. The zero-order valence-corrected chi connectivity index (χ0v) is 13.5. The second-order valence-corrected chi connectivity index (χ2v) is 7.54. The van der Waals surface area contributed by atoms with Crippen LogP contribution in [0, 0.1) is 5.41 Å². The van der Waals surface area contributed by atoms with Crippen molar-refractivity contribution >= 4 is 11.3 Å². The van der Waals surface area contributed by atoms with E-state index < -0.39 is 0 Å². The molecule has 1 saturated heterocycles. The number of nitrogens with zero attached hydrogens (tertiary/aromatic N) is 2. The van der Waals surface area contributed by atoms with E-state index in [1.165, 1.54) is 11.4 Å². The van der Waals surface area contributed by atoms with Gasteiger partial charge in [-0.15, -0.1) is 11.3 Å². The smallest absolute Gasteiger partial charge is 0.0937 e. The van der Waals surface area contributed by atoms with E-state index in [-0.39, 0.29) is 0 Å². The quantitative estimate of drug-likeness (QED) is 0.920. The van der Waals surface area contributed by atoms with Gasteiger partial charge in [0.25, 0.3) is 0 Å². The maximum atomic E-state index is 4.40. The lowest BCUT2D eigenvalue weighted by atomic mass is 9.84. The molecule has 4 heteroatoms. The van der Waals surface area contributed by atoms with Crippen molar-refractivity contribution in [2.45, 2.75) is 52.6 Å². The average Bonchev–Trinajstić information content (AvgIpc) is 2.88. The molecule has 108 valence electrons. The molecule has 0 aromatic carbocycles. The van der Waals surface area contributed by atoms with Crippen LogP contribution >= 0.6 is 11.3 Å². The lowest BCUT2D eigenvalue weighted by Gasteiger charge is -2.45. The number of rotatable bonds is 4. The predicted octanol–water partition coefficient (Wildman–Crippen LogP) is 2.78. The van der Waals surface area contributed by atoms with Gasteiger partial charge in [-0.1, -0.05) is 27.7 Å². The molecule has 2 unspecified atom stereocenters. The maximum absolute atomic E-state index is 4.40. The molecule has 1 aliphatic rings. The van der Waals surface area contributed by atoms with Crippen molar-refractivity contribution in [3.05, 3.63) is 16.6 Å². The zero-order valence-electron chi connectivity index (χ0n) is 12.6. The predicted molar refractivity (Wildman–Crippen MR) is 82.7 cm³/mol. The average molecular weight is 281 g/mol. The number of aromatic nitrogens is 1. The minimum atomic E-state index is 0.331.